The van der Waals surface area contributed by atoms with Gasteiger partial charge in [0.05, 0.1) is 5.56 Å². The molecule has 0 saturated carbocycles. The van der Waals surface area contributed by atoms with Crippen molar-refractivity contribution in [3.8, 4) is 0 Å². The average molecular weight is 288 g/mol. The van der Waals surface area contributed by atoms with Gasteiger partial charge in [0.15, 0.2) is 0 Å². The Hall–Kier alpha value is -1.81. The normalized spacial score (nSPS) is 11.2. The first-order chi connectivity index (χ1) is 10.0. The van der Waals surface area contributed by atoms with Crippen LogP contribution < -0.4 is 5.73 Å². The monoisotopic (exact) mass is 288 g/mol. The van der Waals surface area contributed by atoms with Crippen molar-refractivity contribution in [3.05, 3.63) is 34.5 Å². The van der Waals surface area contributed by atoms with E-state index in [2.05, 4.69) is 18.4 Å². The van der Waals surface area contributed by atoms with E-state index in [1.54, 1.807) is 0 Å². The van der Waals surface area contributed by atoms with E-state index in [0.717, 1.165) is 36.9 Å². The molecular formula is C17H24N2O2. The number of fused-ring (bicyclic) bond motifs is 1. The third-order valence-electron chi connectivity index (χ3n) is 4.12. The SMILES string of the molecule is CCCc1c(C)n(CCCN)c2cc(C(=O)O)c(C)cc12. The number of nitrogens with two attached hydrogens (primary N) is 1. The third kappa shape index (κ3) is 2.81. The van der Waals surface area contributed by atoms with Gasteiger partial charge in [-0.3, -0.25) is 0 Å². The molecule has 0 unspecified atom stereocenters. The lowest BCUT2D eigenvalue weighted by molar-refractivity contribution is 0.0696. The number of carboxylic acid groups (broad SMARTS) is 1. The largest absolute Gasteiger partial charge is 0.478 e. The molecule has 0 spiro atoms. The van der Waals surface area contributed by atoms with Crippen molar-refractivity contribution in [1.82, 2.24) is 4.57 Å². The first-order valence-electron chi connectivity index (χ1n) is 7.56. The highest BCUT2D eigenvalue weighted by Gasteiger charge is 2.17. The number of carboxylic acids is 1. The van der Waals surface area contributed by atoms with Crippen LogP contribution in [0.1, 0.15) is 46.9 Å². The van der Waals surface area contributed by atoms with Gasteiger partial charge in [-0.05, 0) is 56.5 Å². The zero-order valence-corrected chi connectivity index (χ0v) is 13.1. The smallest absolute Gasteiger partial charge is 0.336 e. The molecule has 0 aliphatic rings. The molecule has 4 nitrogen and oxygen atoms in total. The van der Waals surface area contributed by atoms with Crippen LogP contribution in [0, 0.1) is 13.8 Å². The summed E-state index contributed by atoms with van der Waals surface area (Å²) in [6.45, 7) is 7.63. The summed E-state index contributed by atoms with van der Waals surface area (Å²) < 4.78 is 2.22. The number of carbonyl (C=O) groups is 1. The highest BCUT2D eigenvalue weighted by molar-refractivity contribution is 5.96. The highest BCUT2D eigenvalue weighted by Crippen LogP contribution is 2.30. The maximum absolute atomic E-state index is 11.4. The number of aryl methyl sites for hydroxylation is 3. The summed E-state index contributed by atoms with van der Waals surface area (Å²) in [4.78, 5) is 11.4. The van der Waals surface area contributed by atoms with E-state index in [9.17, 15) is 9.90 Å². The molecule has 1 heterocycles. The van der Waals surface area contributed by atoms with Gasteiger partial charge in [-0.2, -0.15) is 0 Å². The van der Waals surface area contributed by atoms with Crippen LogP contribution in [0.15, 0.2) is 12.1 Å². The van der Waals surface area contributed by atoms with Crippen LogP contribution in [-0.2, 0) is 13.0 Å². The van der Waals surface area contributed by atoms with Crippen molar-refractivity contribution in [3.63, 3.8) is 0 Å². The lowest BCUT2D eigenvalue weighted by Gasteiger charge is -2.08. The first kappa shape index (κ1) is 15.6. The molecule has 3 N–H and O–H groups in total. The predicted octanol–water partition coefficient (Wildman–Crippen LogP) is 3.26. The van der Waals surface area contributed by atoms with Crippen molar-refractivity contribution in [2.75, 3.05) is 6.54 Å². The van der Waals surface area contributed by atoms with Crippen LogP contribution >= 0.6 is 0 Å². The van der Waals surface area contributed by atoms with Crippen LogP contribution in [-0.4, -0.2) is 22.2 Å². The van der Waals surface area contributed by atoms with Crippen LogP contribution in [0.5, 0.6) is 0 Å². The molecule has 0 aliphatic heterocycles. The number of aromatic nitrogens is 1. The first-order valence-corrected chi connectivity index (χ1v) is 7.56. The number of hydrogen-bond acceptors (Lipinski definition) is 2. The number of rotatable bonds is 6. The maximum Gasteiger partial charge on any atom is 0.336 e. The second-order valence-corrected chi connectivity index (χ2v) is 5.60. The minimum absolute atomic E-state index is 0.386. The number of hydrogen-bond donors (Lipinski definition) is 2. The molecule has 1 aromatic heterocycles. The Morgan fingerprint density at radius 3 is 2.62 bits per heavy atom. The van der Waals surface area contributed by atoms with Crippen LogP contribution in [0.4, 0.5) is 0 Å². The maximum atomic E-state index is 11.4. The predicted molar refractivity (Wildman–Crippen MR) is 86.0 cm³/mol. The van der Waals surface area contributed by atoms with E-state index < -0.39 is 5.97 Å². The van der Waals surface area contributed by atoms with E-state index in [4.69, 9.17) is 5.73 Å². The summed E-state index contributed by atoms with van der Waals surface area (Å²) in [6, 6.07) is 3.84. The Morgan fingerprint density at radius 1 is 1.33 bits per heavy atom. The van der Waals surface area contributed by atoms with Gasteiger partial charge in [0.1, 0.15) is 0 Å². The van der Waals surface area contributed by atoms with Gasteiger partial charge in [-0.25, -0.2) is 4.79 Å². The minimum Gasteiger partial charge on any atom is -0.478 e. The zero-order chi connectivity index (χ0) is 15.6. The molecule has 114 valence electrons. The quantitative estimate of drug-likeness (QED) is 0.857. The Labute approximate surface area is 125 Å². The summed E-state index contributed by atoms with van der Waals surface area (Å²) >= 11 is 0. The van der Waals surface area contributed by atoms with E-state index in [1.165, 1.54) is 16.6 Å². The van der Waals surface area contributed by atoms with Crippen LogP contribution in [0.2, 0.25) is 0 Å². The molecular weight excluding hydrogens is 264 g/mol. The zero-order valence-electron chi connectivity index (χ0n) is 13.1. The fourth-order valence-corrected chi connectivity index (χ4v) is 3.03. The number of aromatic carboxylic acids is 1. The summed E-state index contributed by atoms with van der Waals surface area (Å²) in [6.07, 6.45) is 2.99. The molecule has 0 radical (unpaired) electrons. The second kappa shape index (κ2) is 6.31. The summed E-state index contributed by atoms with van der Waals surface area (Å²) in [5.74, 6) is -0.865. The van der Waals surface area contributed by atoms with Gasteiger partial charge in [-0.15, -0.1) is 0 Å². The molecule has 2 aromatic rings. The molecule has 21 heavy (non-hydrogen) atoms. The van der Waals surface area contributed by atoms with Crippen molar-refractivity contribution in [2.24, 2.45) is 5.73 Å². The van der Waals surface area contributed by atoms with Crippen molar-refractivity contribution >= 4 is 16.9 Å². The standard InChI is InChI=1S/C17H24N2O2/c1-4-6-13-12(3)19(8-5-7-18)16-10-14(17(20)21)11(2)9-15(13)16/h9-10H,4-8,18H2,1-3H3,(H,20,21). The topological polar surface area (TPSA) is 68.2 Å². The fourth-order valence-electron chi connectivity index (χ4n) is 3.03. The molecule has 0 saturated heterocycles. The Morgan fingerprint density at radius 2 is 2.05 bits per heavy atom. The lowest BCUT2D eigenvalue weighted by Crippen LogP contribution is -2.07. The van der Waals surface area contributed by atoms with Gasteiger partial charge in [-0.1, -0.05) is 13.3 Å². The molecule has 0 amide bonds. The summed E-state index contributed by atoms with van der Waals surface area (Å²) in [5.41, 5.74) is 10.4. The third-order valence-corrected chi connectivity index (χ3v) is 4.12. The van der Waals surface area contributed by atoms with E-state index in [-0.39, 0.29) is 0 Å². The molecule has 1 aromatic carbocycles. The van der Waals surface area contributed by atoms with Crippen LogP contribution in [0.3, 0.4) is 0 Å². The van der Waals surface area contributed by atoms with E-state index in [1.807, 2.05) is 19.1 Å². The molecule has 0 atom stereocenters. The Kier molecular flexibility index (Phi) is 4.68. The van der Waals surface area contributed by atoms with Gasteiger partial charge >= 0.3 is 5.97 Å². The molecule has 0 bridgehead atoms. The summed E-state index contributed by atoms with van der Waals surface area (Å²) in [7, 11) is 0. The lowest BCUT2D eigenvalue weighted by atomic mass is 10.0. The Balaban J connectivity index is 2.71. The van der Waals surface area contributed by atoms with Crippen molar-refractivity contribution in [1.29, 1.82) is 0 Å². The summed E-state index contributed by atoms with van der Waals surface area (Å²) in [5, 5.41) is 10.5. The van der Waals surface area contributed by atoms with Gasteiger partial charge in [0, 0.05) is 23.1 Å². The van der Waals surface area contributed by atoms with Crippen molar-refractivity contribution in [2.45, 2.75) is 46.6 Å². The molecule has 2 rings (SSSR count). The molecule has 0 fully saturated rings. The van der Waals surface area contributed by atoms with Crippen LogP contribution in [0.25, 0.3) is 10.9 Å². The Bertz CT molecular complexity index is 671. The molecule has 0 aliphatic carbocycles. The highest BCUT2D eigenvalue weighted by atomic mass is 16.4. The van der Waals surface area contributed by atoms with Gasteiger partial charge in [0.2, 0.25) is 0 Å². The number of benzene rings is 1. The second-order valence-electron chi connectivity index (χ2n) is 5.60. The van der Waals surface area contributed by atoms with E-state index in [0.29, 0.717) is 12.1 Å². The van der Waals surface area contributed by atoms with Gasteiger partial charge < -0.3 is 15.4 Å². The van der Waals surface area contributed by atoms with Gasteiger partial charge in [0.25, 0.3) is 0 Å². The van der Waals surface area contributed by atoms with E-state index >= 15 is 0 Å². The minimum atomic E-state index is -0.865. The average Bonchev–Trinajstić information content (AvgIpc) is 2.68. The molecule has 4 heteroatoms. The van der Waals surface area contributed by atoms with Crippen molar-refractivity contribution < 1.29 is 9.90 Å². The number of nitrogens with zero attached hydrogens (tertiary/aromatic N) is 1. The fraction of sp³-hybridized carbons (Fsp3) is 0.471.